The van der Waals surface area contributed by atoms with Gasteiger partial charge in [-0.05, 0) is 30.5 Å². The van der Waals surface area contributed by atoms with Crippen molar-refractivity contribution in [1.29, 1.82) is 5.41 Å². The molecule has 19 heavy (non-hydrogen) atoms. The van der Waals surface area contributed by atoms with Gasteiger partial charge in [-0.1, -0.05) is 38.1 Å². The highest BCUT2D eigenvalue weighted by Gasteiger charge is 2.06. The molecule has 0 saturated heterocycles. The molecule has 0 saturated carbocycles. The fourth-order valence-electron chi connectivity index (χ4n) is 2.05. The molecule has 1 heterocycles. The summed E-state index contributed by atoms with van der Waals surface area (Å²) in [5, 5.41) is 7.46. The molecule has 0 aliphatic carbocycles. The molecule has 1 aromatic heterocycles. The smallest absolute Gasteiger partial charge is 0.124 e. The number of aryl methyl sites for hydroxylation is 1. The summed E-state index contributed by atoms with van der Waals surface area (Å²) in [6.07, 6.45) is 0. The normalized spacial score (nSPS) is 10.7. The first kappa shape index (κ1) is 13.3. The van der Waals surface area contributed by atoms with Gasteiger partial charge < -0.3 is 5.73 Å². The first-order valence-corrected chi connectivity index (χ1v) is 6.41. The highest BCUT2D eigenvalue weighted by Crippen LogP contribution is 2.22. The number of rotatable bonds is 3. The van der Waals surface area contributed by atoms with Gasteiger partial charge in [-0.2, -0.15) is 0 Å². The Balaban J connectivity index is 2.37. The van der Waals surface area contributed by atoms with Crippen molar-refractivity contribution in [2.45, 2.75) is 26.7 Å². The van der Waals surface area contributed by atoms with Crippen LogP contribution in [0.1, 0.15) is 36.6 Å². The maximum Gasteiger partial charge on any atom is 0.124 e. The molecular weight excluding hydrogens is 234 g/mol. The molecule has 0 radical (unpaired) electrons. The summed E-state index contributed by atoms with van der Waals surface area (Å²) in [6, 6.07) is 12.2. The fraction of sp³-hybridized carbons (Fsp3) is 0.250. The molecule has 0 atom stereocenters. The van der Waals surface area contributed by atoms with Gasteiger partial charge in [-0.15, -0.1) is 0 Å². The van der Waals surface area contributed by atoms with Crippen LogP contribution in [0, 0.1) is 12.3 Å². The maximum absolute atomic E-state index is 7.46. The number of nitrogens with two attached hydrogens (primary N) is 1. The van der Waals surface area contributed by atoms with Crippen molar-refractivity contribution in [1.82, 2.24) is 4.98 Å². The first-order valence-electron chi connectivity index (χ1n) is 6.41. The Morgan fingerprint density at radius 1 is 1.11 bits per heavy atom. The Labute approximate surface area is 114 Å². The zero-order chi connectivity index (χ0) is 14.0. The van der Waals surface area contributed by atoms with Gasteiger partial charge in [0.25, 0.3) is 0 Å². The van der Waals surface area contributed by atoms with Crippen molar-refractivity contribution < 1.29 is 0 Å². The minimum absolute atomic E-state index is 0.0618. The summed E-state index contributed by atoms with van der Waals surface area (Å²) in [4.78, 5) is 4.52. The summed E-state index contributed by atoms with van der Waals surface area (Å²) in [5.74, 6) is 0.593. The van der Waals surface area contributed by atoms with Crippen molar-refractivity contribution in [3.8, 4) is 11.3 Å². The number of nitrogen functional groups attached to an aromatic ring is 1. The van der Waals surface area contributed by atoms with Crippen LogP contribution in [-0.2, 0) is 0 Å². The van der Waals surface area contributed by atoms with E-state index in [2.05, 4.69) is 43.1 Å². The van der Waals surface area contributed by atoms with Crippen LogP contribution in [0.3, 0.4) is 0 Å². The summed E-state index contributed by atoms with van der Waals surface area (Å²) in [6.45, 7) is 6.24. The van der Waals surface area contributed by atoms with Crippen molar-refractivity contribution in [2.75, 3.05) is 0 Å². The van der Waals surface area contributed by atoms with Crippen LogP contribution >= 0.6 is 0 Å². The number of benzene rings is 1. The van der Waals surface area contributed by atoms with Crippen molar-refractivity contribution in [3.05, 3.63) is 53.2 Å². The van der Waals surface area contributed by atoms with E-state index in [1.807, 2.05) is 19.1 Å². The SMILES string of the molecule is Cc1nc(-c2ccc(C(C)C)cc2)ccc1C(=N)N. The molecule has 0 spiro atoms. The second-order valence-corrected chi connectivity index (χ2v) is 5.02. The van der Waals surface area contributed by atoms with Gasteiger partial charge >= 0.3 is 0 Å². The van der Waals surface area contributed by atoms with Crippen LogP contribution < -0.4 is 5.73 Å². The number of pyridine rings is 1. The predicted octanol–water partition coefficient (Wildman–Crippen LogP) is 3.46. The molecule has 1 aromatic carbocycles. The Morgan fingerprint density at radius 3 is 2.21 bits per heavy atom. The average molecular weight is 253 g/mol. The maximum atomic E-state index is 7.46. The first-order chi connectivity index (χ1) is 8.99. The van der Waals surface area contributed by atoms with E-state index >= 15 is 0 Å². The standard InChI is InChI=1S/C16H19N3/c1-10(2)12-4-6-13(7-5-12)15-9-8-14(16(17)18)11(3)19-15/h4-10H,1-3H3,(H3,17,18). The quantitative estimate of drug-likeness (QED) is 0.650. The molecule has 0 aliphatic rings. The second kappa shape index (κ2) is 5.22. The Hall–Kier alpha value is -2.16. The lowest BCUT2D eigenvalue weighted by Gasteiger charge is -2.09. The lowest BCUT2D eigenvalue weighted by Crippen LogP contribution is -2.13. The number of hydrogen-bond donors (Lipinski definition) is 2. The summed E-state index contributed by atoms with van der Waals surface area (Å²) in [5.41, 5.74) is 10.3. The largest absolute Gasteiger partial charge is 0.384 e. The van der Waals surface area contributed by atoms with Gasteiger partial charge in [0.05, 0.1) is 5.69 Å². The molecule has 2 aromatic rings. The number of nitrogens with one attached hydrogen (secondary N) is 1. The van der Waals surface area contributed by atoms with Crippen LogP contribution in [0.5, 0.6) is 0 Å². The zero-order valence-corrected chi connectivity index (χ0v) is 11.6. The van der Waals surface area contributed by atoms with E-state index < -0.39 is 0 Å². The summed E-state index contributed by atoms with van der Waals surface area (Å²) < 4.78 is 0. The van der Waals surface area contributed by atoms with E-state index in [0.29, 0.717) is 11.5 Å². The van der Waals surface area contributed by atoms with Crippen LogP contribution in [-0.4, -0.2) is 10.8 Å². The monoisotopic (exact) mass is 253 g/mol. The average Bonchev–Trinajstić information content (AvgIpc) is 2.38. The molecule has 3 nitrogen and oxygen atoms in total. The Morgan fingerprint density at radius 2 is 1.74 bits per heavy atom. The van der Waals surface area contributed by atoms with E-state index in [0.717, 1.165) is 17.0 Å². The third-order valence-electron chi connectivity index (χ3n) is 3.25. The highest BCUT2D eigenvalue weighted by atomic mass is 14.8. The van der Waals surface area contributed by atoms with Gasteiger partial charge in [0, 0.05) is 16.8 Å². The van der Waals surface area contributed by atoms with Crippen LogP contribution in [0.4, 0.5) is 0 Å². The number of amidine groups is 1. The lowest BCUT2D eigenvalue weighted by molar-refractivity contribution is 0.867. The molecule has 3 heteroatoms. The number of aromatic nitrogens is 1. The summed E-state index contributed by atoms with van der Waals surface area (Å²) >= 11 is 0. The van der Waals surface area contributed by atoms with E-state index in [9.17, 15) is 0 Å². The van der Waals surface area contributed by atoms with Gasteiger partial charge in [0.2, 0.25) is 0 Å². The minimum Gasteiger partial charge on any atom is -0.384 e. The molecule has 3 N–H and O–H groups in total. The van der Waals surface area contributed by atoms with E-state index in [-0.39, 0.29) is 5.84 Å². The molecule has 0 amide bonds. The van der Waals surface area contributed by atoms with Gasteiger partial charge in [0.1, 0.15) is 5.84 Å². The fourth-order valence-corrected chi connectivity index (χ4v) is 2.05. The van der Waals surface area contributed by atoms with E-state index in [1.54, 1.807) is 0 Å². The van der Waals surface area contributed by atoms with Gasteiger partial charge in [-0.25, -0.2) is 0 Å². The molecule has 98 valence electrons. The van der Waals surface area contributed by atoms with Gasteiger partial charge in [0.15, 0.2) is 0 Å². The lowest BCUT2D eigenvalue weighted by atomic mass is 10.0. The number of hydrogen-bond acceptors (Lipinski definition) is 2. The van der Waals surface area contributed by atoms with Crippen molar-refractivity contribution in [2.24, 2.45) is 5.73 Å². The Kier molecular flexibility index (Phi) is 3.65. The number of nitrogens with zero attached hydrogens (tertiary/aromatic N) is 1. The molecule has 0 aliphatic heterocycles. The topological polar surface area (TPSA) is 62.8 Å². The second-order valence-electron chi connectivity index (χ2n) is 5.02. The molecule has 0 bridgehead atoms. The van der Waals surface area contributed by atoms with Crippen molar-refractivity contribution >= 4 is 5.84 Å². The molecule has 0 fully saturated rings. The zero-order valence-electron chi connectivity index (χ0n) is 11.6. The van der Waals surface area contributed by atoms with Crippen LogP contribution in [0.15, 0.2) is 36.4 Å². The van der Waals surface area contributed by atoms with Crippen LogP contribution in [0.25, 0.3) is 11.3 Å². The minimum atomic E-state index is 0.0618. The summed E-state index contributed by atoms with van der Waals surface area (Å²) in [7, 11) is 0. The highest BCUT2D eigenvalue weighted by molar-refractivity contribution is 5.96. The molecule has 2 rings (SSSR count). The molecular formula is C16H19N3. The van der Waals surface area contributed by atoms with Gasteiger partial charge in [-0.3, -0.25) is 10.4 Å². The third-order valence-corrected chi connectivity index (χ3v) is 3.25. The third kappa shape index (κ3) is 2.81. The Bertz CT molecular complexity index is 598. The van der Waals surface area contributed by atoms with E-state index in [4.69, 9.17) is 11.1 Å². The predicted molar refractivity (Wildman–Crippen MR) is 79.5 cm³/mol. The van der Waals surface area contributed by atoms with Crippen molar-refractivity contribution in [3.63, 3.8) is 0 Å². The van der Waals surface area contributed by atoms with Crippen LogP contribution in [0.2, 0.25) is 0 Å². The van der Waals surface area contributed by atoms with E-state index in [1.165, 1.54) is 5.56 Å². The molecule has 0 unspecified atom stereocenters.